The molecule has 10 heterocycles. The summed E-state index contributed by atoms with van der Waals surface area (Å²) in [7, 11) is -0.253. The first-order valence-corrected chi connectivity index (χ1v) is 23.3. The summed E-state index contributed by atoms with van der Waals surface area (Å²) in [6, 6.07) is 0. The summed E-state index contributed by atoms with van der Waals surface area (Å²) in [4.78, 5) is 11.1. The monoisotopic (exact) mass is 534 g/mol. The van der Waals surface area contributed by atoms with E-state index in [2.05, 4.69) is 74.1 Å². The van der Waals surface area contributed by atoms with Crippen molar-refractivity contribution in [2.45, 2.75) is 102 Å². The van der Waals surface area contributed by atoms with Gasteiger partial charge in [0.15, 0.2) is 0 Å². The van der Waals surface area contributed by atoms with E-state index < -0.39 is 6.51 Å². The van der Waals surface area contributed by atoms with Crippen LogP contribution in [0.25, 0.3) is 0 Å². The van der Waals surface area contributed by atoms with Gasteiger partial charge in [0, 0.05) is 0 Å². The number of nitrogens with zero attached hydrogens (tertiary/aromatic N) is 4. The molecule has 4 unspecified atom stereocenters. The molecule has 0 saturated carbocycles. The molecule has 10 aliphatic rings. The van der Waals surface area contributed by atoms with Gasteiger partial charge in [0.2, 0.25) is 0 Å². The van der Waals surface area contributed by atoms with Crippen LogP contribution in [0.5, 0.6) is 0 Å². The summed E-state index contributed by atoms with van der Waals surface area (Å²) in [6.07, 6.45) is 0. The third kappa shape index (κ3) is 0.437. The van der Waals surface area contributed by atoms with Gasteiger partial charge in [0.1, 0.15) is 0 Å². The fraction of sp³-hybridized carbons (Fsp3) is 1.00. The molecule has 190 valence electrons. The van der Waals surface area contributed by atoms with Crippen LogP contribution in [-0.4, -0.2) is 79.1 Å². The maximum absolute atomic E-state index is 3.60. The first-order chi connectivity index (χ1) is 15.8. The third-order valence-electron chi connectivity index (χ3n) is 19.3. The van der Waals surface area contributed by atoms with Crippen molar-refractivity contribution in [3.05, 3.63) is 0 Å². The van der Waals surface area contributed by atoms with Gasteiger partial charge in [-0.3, -0.25) is 0 Å². The molecule has 0 radical (unpaired) electrons. The van der Waals surface area contributed by atoms with Crippen LogP contribution in [0.1, 0.15) is 55.4 Å². The zero-order chi connectivity index (χ0) is 23.1. The Bertz CT molecular complexity index is 1190. The molecule has 4 nitrogen and oxygen atoms in total. The van der Waals surface area contributed by atoms with Crippen LogP contribution in [0.15, 0.2) is 0 Å². The molecule has 0 aromatic carbocycles. The van der Waals surface area contributed by atoms with E-state index in [0.717, 1.165) is 8.11 Å². The summed E-state index contributed by atoms with van der Waals surface area (Å²) in [5.74, 6) is 0. The van der Waals surface area contributed by atoms with Crippen LogP contribution in [0.3, 0.4) is 0 Å². The van der Waals surface area contributed by atoms with Crippen molar-refractivity contribution in [2.75, 3.05) is 52.4 Å². The van der Waals surface area contributed by atoms with E-state index in [0.29, 0.717) is 0 Å². The first kappa shape index (κ1) is 20.2. The minimum atomic E-state index is -3.60. The van der Waals surface area contributed by atoms with Crippen molar-refractivity contribution >= 4 is 16.4 Å². The normalized spacial score (nSPS) is 70.6. The summed E-state index contributed by atoms with van der Waals surface area (Å²) >= 11 is 0. The topological polar surface area (TPSA) is 13.0 Å². The van der Waals surface area contributed by atoms with Crippen molar-refractivity contribution in [3.63, 3.8) is 0 Å². The van der Waals surface area contributed by atoms with Crippen molar-refractivity contribution in [3.8, 4) is 0 Å². The number of hydrogen-bond acceptors (Lipinski definition) is 4. The predicted octanol–water partition coefficient (Wildman–Crippen LogP) is 7.18. The minimum absolute atomic E-state index is 0.126. The van der Waals surface area contributed by atoms with Crippen LogP contribution in [-0.2, 0) is 6.51 Å². The van der Waals surface area contributed by atoms with E-state index in [1.165, 1.54) is 90.9 Å². The molecule has 0 aromatic heterocycles. The van der Waals surface area contributed by atoms with Gasteiger partial charge in [-0.2, -0.15) is 0 Å². The molecular weight excluding hydrogens is 486 g/mol. The first-order valence-electron chi connectivity index (χ1n) is 14.6. The Balaban J connectivity index is 1.29. The molecule has 33 heavy (non-hydrogen) atoms. The second-order valence-electron chi connectivity index (χ2n) is 14.8. The van der Waals surface area contributed by atoms with Gasteiger partial charge in [-0.05, 0) is 0 Å². The van der Waals surface area contributed by atoms with Crippen LogP contribution in [0.2, 0.25) is 38.5 Å². The van der Waals surface area contributed by atoms with Crippen LogP contribution in [0, 0.1) is 0 Å². The standard InChI is InChI=1S/C21H43N4P2.C5H5.Fe/c1-9-22(10-2)26(23(11-3)12-4)20-18-17-19-21(20)27(24(13-5)14-6)25(15-7)16-8;1-2-4-5-3-1;/h17-19H,9-16H2,1-8H3;1-5H;. The molecule has 7 heteroatoms. The third-order valence-corrected chi connectivity index (χ3v) is 77.0. The Morgan fingerprint density at radius 3 is 0.848 bits per heavy atom. The Morgan fingerprint density at radius 1 is 0.455 bits per heavy atom. The number of rotatable bonds is 14. The summed E-state index contributed by atoms with van der Waals surface area (Å²) < 4.78 is 14.1. The van der Waals surface area contributed by atoms with Crippen LogP contribution >= 0.6 is 16.4 Å². The molecule has 0 aromatic rings. The van der Waals surface area contributed by atoms with Gasteiger partial charge in [-0.1, -0.05) is 0 Å². The zero-order valence-corrected chi connectivity index (χ0v) is 25.2. The van der Waals surface area contributed by atoms with Gasteiger partial charge in [-0.15, -0.1) is 0 Å². The van der Waals surface area contributed by atoms with Crippen molar-refractivity contribution in [1.29, 1.82) is 0 Å². The Morgan fingerprint density at radius 2 is 0.697 bits per heavy atom. The molecule has 0 bridgehead atoms. The second-order valence-corrected chi connectivity index (χ2v) is 43.7. The van der Waals surface area contributed by atoms with E-state index in [9.17, 15) is 0 Å². The summed E-state index contributed by atoms with van der Waals surface area (Å²) in [6.45, 7) is 26.7. The Kier molecular flexibility index (Phi) is 1.80. The molecule has 4 atom stereocenters. The molecule has 10 fully saturated rings. The van der Waals surface area contributed by atoms with Crippen molar-refractivity contribution < 1.29 is 6.51 Å². The predicted molar refractivity (Wildman–Crippen MR) is 141 cm³/mol. The van der Waals surface area contributed by atoms with Crippen molar-refractivity contribution in [2.24, 2.45) is 0 Å². The van der Waals surface area contributed by atoms with Gasteiger partial charge in [0.05, 0.1) is 0 Å². The van der Waals surface area contributed by atoms with E-state index >= 15 is 0 Å². The zero-order valence-electron chi connectivity index (χ0n) is 22.3. The fourth-order valence-electron chi connectivity index (χ4n) is 20.6. The Labute approximate surface area is 195 Å². The molecule has 0 N–H and O–H groups in total. The fourth-order valence-corrected chi connectivity index (χ4v) is 125. The van der Waals surface area contributed by atoms with Crippen LogP contribution in [0.4, 0.5) is 0 Å². The van der Waals surface area contributed by atoms with E-state index in [1.807, 2.05) is 0 Å². The van der Waals surface area contributed by atoms with E-state index in [1.54, 1.807) is 0 Å². The average molecular weight is 534 g/mol. The molecule has 1 spiro atoms. The average Bonchev–Trinajstić information content (AvgIpc) is 3.79. The second kappa shape index (κ2) is 2.94. The molecule has 10 aliphatic heterocycles. The van der Waals surface area contributed by atoms with Crippen LogP contribution < -0.4 is 0 Å². The molecule has 10 saturated heterocycles. The quantitative estimate of drug-likeness (QED) is 0.173. The van der Waals surface area contributed by atoms with Gasteiger partial charge in [-0.25, -0.2) is 0 Å². The summed E-state index contributed by atoms with van der Waals surface area (Å²) in [5, 5.41) is 0. The van der Waals surface area contributed by atoms with E-state index in [-0.39, 0.29) is 16.4 Å². The van der Waals surface area contributed by atoms with Crippen molar-refractivity contribution in [1.82, 2.24) is 18.7 Å². The van der Waals surface area contributed by atoms with Gasteiger partial charge >= 0.3 is 196 Å². The molecule has 0 aliphatic carbocycles. The number of fused-ring (bicyclic) bond motifs is 10. The Hall–Kier alpha value is 1.22. The van der Waals surface area contributed by atoms with E-state index in [4.69, 9.17) is 0 Å². The number of hydrogen-bond donors (Lipinski definition) is 0. The summed E-state index contributed by atoms with van der Waals surface area (Å²) in [5.41, 5.74) is 0. The molecular formula is C26H48FeN4P2. The molecule has 10 rings (SSSR count). The van der Waals surface area contributed by atoms with Gasteiger partial charge in [0.25, 0.3) is 0 Å². The SMILES string of the molecule is CCN(CC)P(N(CC)CC)[C]12[CH]3[CH]4[CH]5[C]1(P(N(CC)CC)N(CC)CC)[Fe]43521678[CH]2[CH]1[CH]6[CH]7[CH]28. The van der Waals surface area contributed by atoms with Gasteiger partial charge < -0.3 is 0 Å². The maximum atomic E-state index is 3.09. The molecule has 0 amide bonds.